The van der Waals surface area contributed by atoms with Crippen LogP contribution in [-0.4, -0.2) is 24.7 Å². The van der Waals surface area contributed by atoms with Gasteiger partial charge in [0.05, 0.1) is 24.6 Å². The molecule has 0 spiro atoms. The summed E-state index contributed by atoms with van der Waals surface area (Å²) in [5.41, 5.74) is 2.16. The van der Waals surface area contributed by atoms with Crippen LogP contribution >= 0.6 is 11.3 Å². The summed E-state index contributed by atoms with van der Waals surface area (Å²) in [6.07, 6.45) is 7.38. The smallest absolute Gasteiger partial charge is 0.210 e. The van der Waals surface area contributed by atoms with E-state index >= 15 is 0 Å². The van der Waals surface area contributed by atoms with Gasteiger partial charge in [-0.05, 0) is 0 Å². The first-order valence-electron chi connectivity index (χ1n) is 6.75. The molecule has 0 amide bonds. The Balaban J connectivity index is 1.64. The molecule has 0 bridgehead atoms. The predicted octanol–water partition coefficient (Wildman–Crippen LogP) is 2.96. The van der Waals surface area contributed by atoms with Crippen molar-refractivity contribution in [2.24, 2.45) is 0 Å². The first kappa shape index (κ1) is 13.8. The minimum Gasteiger partial charge on any atom is -0.375 e. The Kier molecular flexibility index (Phi) is 3.50. The number of nitrogens with one attached hydrogen (secondary N) is 2. The standard InChI is InChI=1S/C14H18N6S/c1-14(2,3)11-7-17-12(19-11)8-16-10-6-18-20(9-10)13-15-4-5-21-13/h4-7,9,16H,8H2,1-3H3,(H,17,19). The molecule has 3 aromatic heterocycles. The average Bonchev–Trinajstić information content (AvgIpc) is 3.16. The normalized spacial score (nSPS) is 11.8. The van der Waals surface area contributed by atoms with Crippen molar-refractivity contribution in [3.8, 4) is 5.13 Å². The highest BCUT2D eigenvalue weighted by Crippen LogP contribution is 2.20. The first-order valence-corrected chi connectivity index (χ1v) is 7.63. The molecular weight excluding hydrogens is 284 g/mol. The lowest BCUT2D eigenvalue weighted by Crippen LogP contribution is -2.11. The number of nitrogens with zero attached hydrogens (tertiary/aromatic N) is 4. The van der Waals surface area contributed by atoms with Gasteiger partial charge in [-0.1, -0.05) is 20.8 Å². The van der Waals surface area contributed by atoms with Gasteiger partial charge in [-0.15, -0.1) is 11.3 Å². The largest absolute Gasteiger partial charge is 0.375 e. The van der Waals surface area contributed by atoms with Crippen LogP contribution in [0.2, 0.25) is 0 Å². The van der Waals surface area contributed by atoms with E-state index in [2.05, 4.69) is 46.1 Å². The molecule has 2 N–H and O–H groups in total. The Hall–Kier alpha value is -2.15. The van der Waals surface area contributed by atoms with E-state index in [-0.39, 0.29) is 5.41 Å². The second-order valence-corrected chi connectivity index (χ2v) is 6.71. The van der Waals surface area contributed by atoms with Crippen LogP contribution in [0.1, 0.15) is 32.3 Å². The number of rotatable bonds is 4. The van der Waals surface area contributed by atoms with Gasteiger partial charge in [0, 0.05) is 28.9 Å². The molecule has 0 aromatic carbocycles. The SMILES string of the molecule is CC(C)(C)c1cnc(CNc2cnn(-c3nccs3)c2)[nH]1. The van der Waals surface area contributed by atoms with E-state index in [0.717, 1.165) is 22.3 Å². The third kappa shape index (κ3) is 3.13. The van der Waals surface area contributed by atoms with E-state index in [1.807, 2.05) is 17.8 Å². The number of aromatic amines is 1. The molecular formula is C14H18N6S. The fourth-order valence-corrected chi connectivity index (χ4v) is 2.44. The van der Waals surface area contributed by atoms with Crippen molar-refractivity contribution in [1.82, 2.24) is 24.7 Å². The van der Waals surface area contributed by atoms with E-state index in [1.54, 1.807) is 28.4 Å². The van der Waals surface area contributed by atoms with Crippen molar-refractivity contribution >= 4 is 17.0 Å². The number of H-pyrrole nitrogens is 1. The van der Waals surface area contributed by atoms with Crippen molar-refractivity contribution in [2.45, 2.75) is 32.7 Å². The number of hydrogen-bond acceptors (Lipinski definition) is 5. The molecule has 0 aliphatic heterocycles. The van der Waals surface area contributed by atoms with Crippen LogP contribution in [0.5, 0.6) is 0 Å². The van der Waals surface area contributed by atoms with Gasteiger partial charge in [-0.3, -0.25) is 0 Å². The molecule has 0 aliphatic rings. The molecule has 3 rings (SSSR count). The van der Waals surface area contributed by atoms with Gasteiger partial charge in [0.25, 0.3) is 0 Å². The fourth-order valence-electron chi connectivity index (χ4n) is 1.87. The van der Waals surface area contributed by atoms with Crippen LogP contribution in [0, 0.1) is 0 Å². The molecule has 0 radical (unpaired) electrons. The van der Waals surface area contributed by atoms with Crippen molar-refractivity contribution in [3.05, 3.63) is 41.7 Å². The van der Waals surface area contributed by atoms with E-state index in [4.69, 9.17) is 0 Å². The Morgan fingerprint density at radius 2 is 2.14 bits per heavy atom. The highest BCUT2D eigenvalue weighted by Gasteiger charge is 2.16. The number of thiazole rings is 1. The van der Waals surface area contributed by atoms with Gasteiger partial charge in [-0.25, -0.2) is 14.6 Å². The molecule has 21 heavy (non-hydrogen) atoms. The molecule has 110 valence electrons. The summed E-state index contributed by atoms with van der Waals surface area (Å²) in [4.78, 5) is 12.0. The zero-order valence-electron chi connectivity index (χ0n) is 12.3. The zero-order chi connectivity index (χ0) is 14.9. The molecule has 3 aromatic rings. The third-order valence-corrected chi connectivity index (χ3v) is 3.86. The quantitative estimate of drug-likeness (QED) is 0.777. The minimum absolute atomic E-state index is 0.0843. The lowest BCUT2D eigenvalue weighted by molar-refractivity contribution is 0.571. The van der Waals surface area contributed by atoms with Gasteiger partial charge in [-0.2, -0.15) is 5.10 Å². The maximum absolute atomic E-state index is 4.40. The lowest BCUT2D eigenvalue weighted by Gasteiger charge is -2.15. The van der Waals surface area contributed by atoms with Gasteiger partial charge < -0.3 is 10.3 Å². The van der Waals surface area contributed by atoms with Gasteiger partial charge in [0.2, 0.25) is 5.13 Å². The Bertz CT molecular complexity index is 704. The summed E-state index contributed by atoms with van der Waals surface area (Å²) in [6, 6.07) is 0. The van der Waals surface area contributed by atoms with Crippen LogP contribution in [-0.2, 0) is 12.0 Å². The van der Waals surface area contributed by atoms with Gasteiger partial charge in [0.15, 0.2) is 0 Å². The summed E-state index contributed by atoms with van der Waals surface area (Å²) in [5.74, 6) is 0.918. The lowest BCUT2D eigenvalue weighted by atomic mass is 9.93. The van der Waals surface area contributed by atoms with Crippen LogP contribution in [0.3, 0.4) is 0 Å². The van der Waals surface area contributed by atoms with E-state index in [9.17, 15) is 0 Å². The molecule has 3 heterocycles. The highest BCUT2D eigenvalue weighted by atomic mass is 32.1. The van der Waals surface area contributed by atoms with Crippen molar-refractivity contribution < 1.29 is 0 Å². The van der Waals surface area contributed by atoms with Gasteiger partial charge >= 0.3 is 0 Å². The zero-order valence-corrected chi connectivity index (χ0v) is 13.1. The molecule has 0 atom stereocenters. The van der Waals surface area contributed by atoms with Crippen LogP contribution in [0.4, 0.5) is 5.69 Å². The van der Waals surface area contributed by atoms with E-state index in [0.29, 0.717) is 6.54 Å². The molecule has 0 saturated heterocycles. The summed E-state index contributed by atoms with van der Waals surface area (Å²) < 4.78 is 1.76. The molecule has 0 saturated carbocycles. The third-order valence-electron chi connectivity index (χ3n) is 3.09. The van der Waals surface area contributed by atoms with E-state index in [1.165, 1.54) is 0 Å². The predicted molar refractivity (Wildman–Crippen MR) is 83.9 cm³/mol. The fraction of sp³-hybridized carbons (Fsp3) is 0.357. The highest BCUT2D eigenvalue weighted by molar-refractivity contribution is 7.12. The van der Waals surface area contributed by atoms with Crippen molar-refractivity contribution in [2.75, 3.05) is 5.32 Å². The molecule has 0 fully saturated rings. The Morgan fingerprint density at radius 1 is 1.29 bits per heavy atom. The number of aromatic nitrogens is 5. The number of imidazole rings is 1. The summed E-state index contributed by atoms with van der Waals surface area (Å²) >= 11 is 1.55. The maximum Gasteiger partial charge on any atom is 0.210 e. The Labute approximate surface area is 127 Å². The van der Waals surface area contributed by atoms with E-state index < -0.39 is 0 Å². The number of hydrogen-bond donors (Lipinski definition) is 2. The van der Waals surface area contributed by atoms with Crippen LogP contribution in [0.15, 0.2) is 30.2 Å². The molecule has 7 heteroatoms. The summed E-state index contributed by atoms with van der Waals surface area (Å²) in [5, 5.41) is 10.4. The van der Waals surface area contributed by atoms with Crippen LogP contribution < -0.4 is 5.32 Å². The van der Waals surface area contributed by atoms with Crippen LogP contribution in [0.25, 0.3) is 5.13 Å². The average molecular weight is 302 g/mol. The molecule has 6 nitrogen and oxygen atoms in total. The maximum atomic E-state index is 4.40. The minimum atomic E-state index is 0.0843. The second kappa shape index (κ2) is 5.33. The van der Waals surface area contributed by atoms with Gasteiger partial charge in [0.1, 0.15) is 5.82 Å². The number of anilines is 1. The second-order valence-electron chi connectivity index (χ2n) is 5.84. The monoisotopic (exact) mass is 302 g/mol. The Morgan fingerprint density at radius 3 is 2.81 bits per heavy atom. The van der Waals surface area contributed by atoms with Crippen molar-refractivity contribution in [3.63, 3.8) is 0 Å². The first-order chi connectivity index (χ1) is 10.0. The molecule has 0 aliphatic carbocycles. The topological polar surface area (TPSA) is 71.4 Å². The summed E-state index contributed by atoms with van der Waals surface area (Å²) in [7, 11) is 0. The summed E-state index contributed by atoms with van der Waals surface area (Å²) in [6.45, 7) is 7.13. The molecule has 0 unspecified atom stereocenters. The van der Waals surface area contributed by atoms with Crippen molar-refractivity contribution in [1.29, 1.82) is 0 Å².